The van der Waals surface area contributed by atoms with Gasteiger partial charge in [0.2, 0.25) is 0 Å². The van der Waals surface area contributed by atoms with Crippen molar-refractivity contribution >= 4 is 17.6 Å². The first-order valence-electron chi connectivity index (χ1n) is 1.65. The zero-order valence-electron chi connectivity index (χ0n) is 3.80. The monoisotopic (exact) mass is 163 g/mol. The highest BCUT2D eigenvalue weighted by atomic mass is 32.1. The lowest BCUT2D eigenvalue weighted by atomic mass is 10.4. The van der Waals surface area contributed by atoms with Gasteiger partial charge < -0.3 is 0 Å². The first-order valence-corrected chi connectivity index (χ1v) is 2.06. The zero-order chi connectivity index (χ0) is 7.71. The van der Waals surface area contributed by atoms with E-state index < -0.39 is 12.1 Å². The Morgan fingerprint density at radius 2 is 1.33 bits per heavy atom. The Hall–Kier alpha value is -0.260. The third-order valence-electron chi connectivity index (χ3n) is 0.484. The van der Waals surface area contributed by atoms with E-state index in [0.29, 0.717) is 5.37 Å². The van der Waals surface area contributed by atoms with Crippen molar-refractivity contribution in [2.75, 3.05) is 0 Å². The average Bonchev–Trinajstić information content (AvgIpc) is 1.64. The van der Waals surface area contributed by atoms with Crippen LogP contribution in [-0.2, 0) is 0 Å². The van der Waals surface area contributed by atoms with Crippen LogP contribution >= 0.6 is 12.2 Å². The van der Waals surface area contributed by atoms with Crippen molar-refractivity contribution in [2.45, 2.75) is 12.1 Å². The van der Waals surface area contributed by atoms with E-state index in [1.165, 1.54) is 0 Å². The minimum atomic E-state index is -5.60. The quantitative estimate of drug-likeness (QED) is 0.421. The molecule has 0 aliphatic carbocycles. The third kappa shape index (κ3) is 1.85. The third-order valence-corrected chi connectivity index (χ3v) is 0.741. The highest BCUT2D eigenvalue weighted by Gasteiger charge is 2.56. The first kappa shape index (κ1) is 8.74. The average molecular weight is 163 g/mol. The summed E-state index contributed by atoms with van der Waals surface area (Å²) in [5.41, 5.74) is 0. The number of hydrogen-bond donors (Lipinski definition) is 0. The zero-order valence-corrected chi connectivity index (χ0v) is 4.61. The lowest BCUT2D eigenvalue weighted by Gasteiger charge is -2.12. The molecule has 1 radical (unpaired) electrons. The largest absolute Gasteiger partial charge is 0.459 e. The van der Waals surface area contributed by atoms with Gasteiger partial charge in [-0.1, -0.05) is 12.2 Å². The number of rotatable bonds is 1. The fraction of sp³-hybridized carbons (Fsp3) is 0.667. The van der Waals surface area contributed by atoms with Crippen LogP contribution < -0.4 is 0 Å². The highest BCUT2D eigenvalue weighted by molar-refractivity contribution is 7.79. The van der Waals surface area contributed by atoms with Gasteiger partial charge in [0.25, 0.3) is 0 Å². The van der Waals surface area contributed by atoms with E-state index in [-0.39, 0.29) is 0 Å². The maximum Gasteiger partial charge on any atom is 0.459 e. The van der Waals surface area contributed by atoms with E-state index in [0.717, 1.165) is 0 Å². The minimum absolute atomic E-state index is 0.406. The van der Waals surface area contributed by atoms with Crippen molar-refractivity contribution in [3.05, 3.63) is 0 Å². The molecule has 0 aromatic rings. The van der Waals surface area contributed by atoms with Gasteiger partial charge in [-0.05, 0) is 0 Å². The number of thiocarbonyl (C=S) groups is 1. The first-order chi connectivity index (χ1) is 3.81. The van der Waals surface area contributed by atoms with E-state index in [1.807, 2.05) is 0 Å². The smallest absolute Gasteiger partial charge is 0.190 e. The molecule has 0 heterocycles. The van der Waals surface area contributed by atoms with E-state index in [1.54, 1.807) is 0 Å². The maximum absolute atomic E-state index is 11.3. The van der Waals surface area contributed by atoms with Gasteiger partial charge in [0.05, 0.1) is 0 Å². The minimum Gasteiger partial charge on any atom is -0.190 e. The second kappa shape index (κ2) is 2.17. The van der Waals surface area contributed by atoms with Gasteiger partial charge in [0.15, 0.2) is 0 Å². The van der Waals surface area contributed by atoms with Crippen LogP contribution in [0.15, 0.2) is 0 Å². The molecule has 0 aromatic heterocycles. The second-order valence-corrected chi connectivity index (χ2v) is 1.38. The molecule has 9 heavy (non-hydrogen) atoms. The topological polar surface area (TPSA) is 0 Å². The van der Waals surface area contributed by atoms with Crippen LogP contribution in [-0.4, -0.2) is 17.5 Å². The number of hydrogen-bond acceptors (Lipinski definition) is 1. The molecule has 0 aromatic carbocycles. The summed E-state index contributed by atoms with van der Waals surface area (Å²) in [6, 6.07) is 0. The summed E-state index contributed by atoms with van der Waals surface area (Å²) < 4.78 is 55.5. The van der Waals surface area contributed by atoms with Crippen LogP contribution in [0.25, 0.3) is 0 Å². The van der Waals surface area contributed by atoms with Gasteiger partial charge in [-0.15, -0.1) is 0 Å². The fourth-order valence-electron chi connectivity index (χ4n) is 0.0579. The Balaban J connectivity index is 4.32. The summed E-state index contributed by atoms with van der Waals surface area (Å²) in [5.74, 6) is -4.96. The standard InChI is InChI=1S/C3F5S/c4-2(5,1-9)3(6,7)8. The number of halogens is 5. The molecule has 0 N–H and O–H groups in total. The van der Waals surface area contributed by atoms with Crippen molar-refractivity contribution in [1.29, 1.82) is 0 Å². The molecule has 0 aliphatic rings. The maximum atomic E-state index is 11.3. The number of alkyl halides is 5. The van der Waals surface area contributed by atoms with E-state index in [4.69, 9.17) is 0 Å². The van der Waals surface area contributed by atoms with Crippen LogP contribution in [0.1, 0.15) is 0 Å². The Labute approximate surface area is 52.7 Å². The Kier molecular flexibility index (Phi) is 2.10. The van der Waals surface area contributed by atoms with Crippen LogP contribution in [0.5, 0.6) is 0 Å². The van der Waals surface area contributed by atoms with Gasteiger partial charge in [-0.2, -0.15) is 22.0 Å². The molecular weight excluding hydrogens is 163 g/mol. The Morgan fingerprint density at radius 3 is 1.33 bits per heavy atom. The fourth-order valence-corrected chi connectivity index (χ4v) is 0.174. The van der Waals surface area contributed by atoms with Gasteiger partial charge in [-0.25, -0.2) is 0 Å². The normalized spacial score (nSPS) is 13.4. The van der Waals surface area contributed by atoms with Crippen molar-refractivity contribution in [3.63, 3.8) is 0 Å². The summed E-state index contributed by atoms with van der Waals surface area (Å²) in [5, 5.41) is 0.406. The molecule has 0 rings (SSSR count). The predicted octanol–water partition coefficient (Wildman–Crippen LogP) is 2.06. The van der Waals surface area contributed by atoms with Crippen LogP contribution in [0.4, 0.5) is 22.0 Å². The lowest BCUT2D eigenvalue weighted by molar-refractivity contribution is -0.246. The molecule has 0 nitrogen and oxygen atoms in total. The van der Waals surface area contributed by atoms with E-state index >= 15 is 0 Å². The van der Waals surface area contributed by atoms with Gasteiger partial charge in [0, 0.05) is 0 Å². The van der Waals surface area contributed by atoms with Crippen LogP contribution in [0, 0.1) is 0 Å². The summed E-state index contributed by atoms with van der Waals surface area (Å²) in [6.07, 6.45) is -5.60. The van der Waals surface area contributed by atoms with Crippen molar-refractivity contribution in [1.82, 2.24) is 0 Å². The lowest BCUT2D eigenvalue weighted by Crippen LogP contribution is -2.36. The summed E-state index contributed by atoms with van der Waals surface area (Å²) in [7, 11) is 0. The summed E-state index contributed by atoms with van der Waals surface area (Å²) in [4.78, 5) is 0. The van der Waals surface area contributed by atoms with Crippen LogP contribution in [0.3, 0.4) is 0 Å². The second-order valence-electron chi connectivity index (χ2n) is 1.17. The molecule has 0 aliphatic heterocycles. The molecule has 0 saturated heterocycles. The van der Waals surface area contributed by atoms with Crippen LogP contribution in [0.2, 0.25) is 0 Å². The molecule has 6 heteroatoms. The summed E-state index contributed by atoms with van der Waals surface area (Å²) >= 11 is 3.32. The van der Waals surface area contributed by atoms with E-state index in [2.05, 4.69) is 12.2 Å². The van der Waals surface area contributed by atoms with Crippen molar-refractivity contribution in [3.8, 4) is 0 Å². The van der Waals surface area contributed by atoms with Gasteiger partial charge >= 0.3 is 12.1 Å². The molecule has 0 fully saturated rings. The van der Waals surface area contributed by atoms with Crippen molar-refractivity contribution < 1.29 is 22.0 Å². The SMILES string of the molecule is FC(F)(F)C(F)(F)[C]=S. The molecule has 0 atom stereocenters. The van der Waals surface area contributed by atoms with E-state index in [9.17, 15) is 22.0 Å². The Bertz CT molecular complexity index is 114. The molecular formula is C3F5S. The summed E-state index contributed by atoms with van der Waals surface area (Å²) in [6.45, 7) is 0. The molecule has 0 bridgehead atoms. The molecule has 0 saturated carbocycles. The van der Waals surface area contributed by atoms with Gasteiger partial charge in [0.1, 0.15) is 5.37 Å². The Morgan fingerprint density at radius 1 is 1.00 bits per heavy atom. The highest BCUT2D eigenvalue weighted by Crippen LogP contribution is 2.33. The molecule has 0 unspecified atom stereocenters. The molecule has 0 amide bonds. The molecule has 0 spiro atoms. The van der Waals surface area contributed by atoms with Gasteiger partial charge in [-0.3, -0.25) is 0 Å². The van der Waals surface area contributed by atoms with Crippen molar-refractivity contribution in [2.24, 2.45) is 0 Å². The molecule has 53 valence electrons. The predicted molar refractivity (Wildman–Crippen MR) is 23.6 cm³/mol.